The van der Waals surface area contributed by atoms with Crippen molar-refractivity contribution in [2.24, 2.45) is 5.92 Å². The third-order valence-electron chi connectivity index (χ3n) is 3.21. The molecule has 0 heterocycles. The SMILES string of the molecule is Cc1ccc(C(=O)OCC2CCCC2)cc1. The fourth-order valence-electron chi connectivity index (χ4n) is 2.14. The van der Waals surface area contributed by atoms with Crippen molar-refractivity contribution in [1.29, 1.82) is 0 Å². The van der Waals surface area contributed by atoms with Crippen molar-refractivity contribution in [2.45, 2.75) is 32.6 Å². The van der Waals surface area contributed by atoms with Gasteiger partial charge in [-0.3, -0.25) is 0 Å². The van der Waals surface area contributed by atoms with E-state index in [-0.39, 0.29) is 5.97 Å². The molecular weight excluding hydrogens is 200 g/mol. The highest BCUT2D eigenvalue weighted by atomic mass is 16.5. The molecule has 1 fully saturated rings. The normalized spacial score (nSPS) is 16.3. The van der Waals surface area contributed by atoms with Crippen LogP contribution in [0.15, 0.2) is 24.3 Å². The minimum absolute atomic E-state index is 0.188. The average molecular weight is 218 g/mol. The first-order chi connectivity index (χ1) is 7.75. The van der Waals surface area contributed by atoms with Crippen molar-refractivity contribution in [2.75, 3.05) is 6.61 Å². The summed E-state index contributed by atoms with van der Waals surface area (Å²) in [5, 5.41) is 0. The van der Waals surface area contributed by atoms with E-state index in [1.807, 2.05) is 31.2 Å². The summed E-state index contributed by atoms with van der Waals surface area (Å²) in [6, 6.07) is 7.52. The highest BCUT2D eigenvalue weighted by Gasteiger charge is 2.17. The summed E-state index contributed by atoms with van der Waals surface area (Å²) in [6.07, 6.45) is 4.99. The number of hydrogen-bond acceptors (Lipinski definition) is 2. The molecule has 0 atom stereocenters. The molecule has 2 rings (SSSR count). The van der Waals surface area contributed by atoms with Crippen LogP contribution in [0.3, 0.4) is 0 Å². The van der Waals surface area contributed by atoms with Gasteiger partial charge in [0.25, 0.3) is 0 Å². The molecule has 1 aromatic carbocycles. The molecule has 0 amide bonds. The van der Waals surface area contributed by atoms with Gasteiger partial charge in [0.2, 0.25) is 0 Å². The van der Waals surface area contributed by atoms with Gasteiger partial charge in [-0.15, -0.1) is 0 Å². The number of hydrogen-bond donors (Lipinski definition) is 0. The maximum Gasteiger partial charge on any atom is 0.338 e. The van der Waals surface area contributed by atoms with E-state index in [1.54, 1.807) is 0 Å². The van der Waals surface area contributed by atoms with Gasteiger partial charge < -0.3 is 4.74 Å². The molecule has 0 N–H and O–H groups in total. The third-order valence-corrected chi connectivity index (χ3v) is 3.21. The number of esters is 1. The van der Waals surface area contributed by atoms with Crippen LogP contribution in [0.1, 0.15) is 41.6 Å². The molecule has 0 bridgehead atoms. The molecule has 2 nitrogen and oxygen atoms in total. The lowest BCUT2D eigenvalue weighted by molar-refractivity contribution is 0.0442. The quantitative estimate of drug-likeness (QED) is 0.727. The molecule has 0 spiro atoms. The largest absolute Gasteiger partial charge is 0.462 e. The van der Waals surface area contributed by atoms with Crippen LogP contribution in [0.5, 0.6) is 0 Å². The van der Waals surface area contributed by atoms with Gasteiger partial charge in [0, 0.05) is 0 Å². The number of aryl methyl sites for hydroxylation is 1. The first-order valence-corrected chi connectivity index (χ1v) is 5.99. The van der Waals surface area contributed by atoms with E-state index in [0.717, 1.165) is 5.56 Å². The van der Waals surface area contributed by atoms with Crippen molar-refractivity contribution in [3.8, 4) is 0 Å². The topological polar surface area (TPSA) is 26.3 Å². The van der Waals surface area contributed by atoms with Crippen LogP contribution in [0.25, 0.3) is 0 Å². The lowest BCUT2D eigenvalue weighted by Gasteiger charge is -2.09. The molecule has 1 aliphatic carbocycles. The van der Waals surface area contributed by atoms with Gasteiger partial charge in [-0.25, -0.2) is 4.79 Å². The van der Waals surface area contributed by atoms with Crippen LogP contribution in [0.2, 0.25) is 0 Å². The number of rotatable bonds is 3. The summed E-state index contributed by atoms with van der Waals surface area (Å²) in [4.78, 5) is 11.7. The van der Waals surface area contributed by atoms with Crippen LogP contribution in [-0.4, -0.2) is 12.6 Å². The van der Waals surface area contributed by atoms with Crippen LogP contribution < -0.4 is 0 Å². The van der Waals surface area contributed by atoms with Crippen molar-refractivity contribution >= 4 is 5.97 Å². The minimum atomic E-state index is -0.188. The van der Waals surface area contributed by atoms with Gasteiger partial charge in [-0.1, -0.05) is 30.5 Å². The first-order valence-electron chi connectivity index (χ1n) is 5.99. The molecule has 0 saturated heterocycles. The third kappa shape index (κ3) is 2.84. The smallest absolute Gasteiger partial charge is 0.338 e. The Kier molecular flexibility index (Phi) is 3.60. The Balaban J connectivity index is 1.85. The van der Waals surface area contributed by atoms with E-state index in [0.29, 0.717) is 18.1 Å². The maximum atomic E-state index is 11.7. The van der Waals surface area contributed by atoms with Crippen LogP contribution in [0, 0.1) is 12.8 Å². The second-order valence-corrected chi connectivity index (χ2v) is 4.61. The number of ether oxygens (including phenoxy) is 1. The molecule has 0 unspecified atom stereocenters. The average Bonchev–Trinajstić information content (AvgIpc) is 2.80. The highest BCUT2D eigenvalue weighted by Crippen LogP contribution is 2.24. The van der Waals surface area contributed by atoms with E-state index >= 15 is 0 Å². The van der Waals surface area contributed by atoms with Crippen molar-refractivity contribution in [3.63, 3.8) is 0 Å². The van der Waals surface area contributed by atoms with Crippen LogP contribution in [-0.2, 0) is 4.74 Å². The summed E-state index contributed by atoms with van der Waals surface area (Å²) in [5.41, 5.74) is 1.82. The second-order valence-electron chi connectivity index (χ2n) is 4.61. The Bertz CT molecular complexity index is 348. The summed E-state index contributed by atoms with van der Waals surface area (Å²) in [7, 11) is 0. The molecule has 1 saturated carbocycles. The predicted octanol–water partition coefficient (Wildman–Crippen LogP) is 3.34. The summed E-state index contributed by atoms with van der Waals surface area (Å²) < 4.78 is 5.31. The zero-order valence-corrected chi connectivity index (χ0v) is 9.74. The monoisotopic (exact) mass is 218 g/mol. The fourth-order valence-corrected chi connectivity index (χ4v) is 2.14. The Morgan fingerprint density at radius 1 is 1.25 bits per heavy atom. The molecule has 16 heavy (non-hydrogen) atoms. The van der Waals surface area contributed by atoms with Gasteiger partial charge >= 0.3 is 5.97 Å². The maximum absolute atomic E-state index is 11.7. The van der Waals surface area contributed by atoms with Gasteiger partial charge in [-0.05, 0) is 37.8 Å². The van der Waals surface area contributed by atoms with Crippen molar-refractivity contribution in [1.82, 2.24) is 0 Å². The Morgan fingerprint density at radius 2 is 1.88 bits per heavy atom. The molecule has 1 aliphatic rings. The van der Waals surface area contributed by atoms with Crippen molar-refractivity contribution < 1.29 is 9.53 Å². The molecule has 2 heteroatoms. The van der Waals surface area contributed by atoms with E-state index < -0.39 is 0 Å². The summed E-state index contributed by atoms with van der Waals surface area (Å²) in [5.74, 6) is 0.404. The molecular formula is C14H18O2. The summed E-state index contributed by atoms with van der Waals surface area (Å²) >= 11 is 0. The highest BCUT2D eigenvalue weighted by molar-refractivity contribution is 5.89. The number of benzene rings is 1. The van der Waals surface area contributed by atoms with Gasteiger partial charge in [0.05, 0.1) is 12.2 Å². The minimum Gasteiger partial charge on any atom is -0.462 e. The lowest BCUT2D eigenvalue weighted by Crippen LogP contribution is -2.11. The number of carbonyl (C=O) groups is 1. The van der Waals surface area contributed by atoms with E-state index in [2.05, 4.69) is 0 Å². The summed E-state index contributed by atoms with van der Waals surface area (Å²) in [6.45, 7) is 2.60. The standard InChI is InChI=1S/C14H18O2/c1-11-6-8-13(9-7-11)14(15)16-10-12-4-2-3-5-12/h6-9,12H,2-5,10H2,1H3. The Labute approximate surface area is 96.6 Å². The molecule has 0 radical (unpaired) electrons. The Hall–Kier alpha value is -1.31. The van der Waals surface area contributed by atoms with Gasteiger partial charge in [0.15, 0.2) is 0 Å². The van der Waals surface area contributed by atoms with Crippen molar-refractivity contribution in [3.05, 3.63) is 35.4 Å². The first kappa shape index (κ1) is 11.2. The van der Waals surface area contributed by atoms with Crippen LogP contribution in [0.4, 0.5) is 0 Å². The molecule has 0 aliphatic heterocycles. The Morgan fingerprint density at radius 3 is 2.50 bits per heavy atom. The van der Waals surface area contributed by atoms with E-state index in [4.69, 9.17) is 4.74 Å². The zero-order chi connectivity index (χ0) is 11.4. The van der Waals surface area contributed by atoms with Gasteiger partial charge in [-0.2, -0.15) is 0 Å². The molecule has 86 valence electrons. The molecule has 1 aromatic rings. The lowest BCUT2D eigenvalue weighted by atomic mass is 10.1. The number of carbonyl (C=O) groups excluding carboxylic acids is 1. The zero-order valence-electron chi connectivity index (χ0n) is 9.74. The molecule has 0 aromatic heterocycles. The van der Waals surface area contributed by atoms with E-state index in [9.17, 15) is 4.79 Å². The van der Waals surface area contributed by atoms with E-state index in [1.165, 1.54) is 25.7 Å². The van der Waals surface area contributed by atoms with Crippen LogP contribution >= 0.6 is 0 Å². The van der Waals surface area contributed by atoms with Gasteiger partial charge in [0.1, 0.15) is 0 Å². The predicted molar refractivity (Wildman–Crippen MR) is 63.4 cm³/mol. The second kappa shape index (κ2) is 5.15. The fraction of sp³-hybridized carbons (Fsp3) is 0.500.